The zero-order valence-corrected chi connectivity index (χ0v) is 12.8. The van der Waals surface area contributed by atoms with Crippen molar-refractivity contribution in [1.29, 1.82) is 0 Å². The zero-order chi connectivity index (χ0) is 13.7. The van der Waals surface area contributed by atoms with E-state index in [1.807, 2.05) is 21.0 Å². The fourth-order valence-corrected chi connectivity index (χ4v) is 2.18. The molecular formula is C12H21BrN4O. The number of halogens is 1. The molecule has 0 radical (unpaired) electrons. The number of carbonyl (C=O) groups is 1. The Hall–Kier alpha value is -0.720. The molecule has 102 valence electrons. The molecule has 0 aliphatic rings. The van der Waals surface area contributed by atoms with Crippen molar-refractivity contribution in [2.45, 2.75) is 32.4 Å². The Balaban J connectivity index is 2.86. The second kappa shape index (κ2) is 7.01. The zero-order valence-electron chi connectivity index (χ0n) is 11.2. The minimum atomic E-state index is -0.443. The number of likely N-dealkylation sites (N-methyl/N-ethyl adjacent to an activating group) is 1. The summed E-state index contributed by atoms with van der Waals surface area (Å²) in [5.74, 6) is -0.0417. The minimum Gasteiger partial charge on any atom is -0.321 e. The molecule has 0 bridgehead atoms. The lowest BCUT2D eigenvalue weighted by atomic mass is 10.1. The van der Waals surface area contributed by atoms with E-state index in [-0.39, 0.29) is 5.78 Å². The standard InChI is InChI=1S/C12H21BrN4O/c1-4-5-10(14)12(18)11-9(13)8-15-17(11)7-6-16(2)3/h8,10H,4-7,14H2,1-3H3. The van der Waals surface area contributed by atoms with E-state index in [4.69, 9.17) is 5.73 Å². The lowest BCUT2D eigenvalue weighted by Crippen LogP contribution is -2.33. The monoisotopic (exact) mass is 316 g/mol. The van der Waals surface area contributed by atoms with Gasteiger partial charge >= 0.3 is 0 Å². The molecule has 0 aliphatic heterocycles. The molecule has 1 aromatic heterocycles. The first-order valence-corrected chi connectivity index (χ1v) is 6.92. The molecular weight excluding hydrogens is 296 g/mol. The molecule has 1 atom stereocenters. The number of nitrogens with zero attached hydrogens (tertiary/aromatic N) is 3. The largest absolute Gasteiger partial charge is 0.321 e. The molecule has 5 nitrogen and oxygen atoms in total. The number of carbonyl (C=O) groups excluding carboxylic acids is 1. The highest BCUT2D eigenvalue weighted by Crippen LogP contribution is 2.18. The number of ketones is 1. The van der Waals surface area contributed by atoms with Crippen LogP contribution in [0.15, 0.2) is 10.7 Å². The van der Waals surface area contributed by atoms with Crippen molar-refractivity contribution < 1.29 is 4.79 Å². The minimum absolute atomic E-state index is 0.0417. The number of nitrogens with two attached hydrogens (primary N) is 1. The highest BCUT2D eigenvalue weighted by Gasteiger charge is 2.22. The summed E-state index contributed by atoms with van der Waals surface area (Å²) >= 11 is 3.37. The van der Waals surface area contributed by atoms with Crippen molar-refractivity contribution in [2.75, 3.05) is 20.6 Å². The normalized spacial score (nSPS) is 13.0. The van der Waals surface area contributed by atoms with E-state index in [0.29, 0.717) is 18.7 Å². The molecule has 1 aromatic rings. The van der Waals surface area contributed by atoms with E-state index in [1.165, 1.54) is 0 Å². The van der Waals surface area contributed by atoms with Crippen LogP contribution in [0.5, 0.6) is 0 Å². The van der Waals surface area contributed by atoms with Crippen molar-refractivity contribution in [1.82, 2.24) is 14.7 Å². The first-order valence-electron chi connectivity index (χ1n) is 6.13. The molecule has 0 spiro atoms. The van der Waals surface area contributed by atoms with Crippen LogP contribution in [0.2, 0.25) is 0 Å². The molecule has 1 unspecified atom stereocenters. The van der Waals surface area contributed by atoms with Gasteiger partial charge in [0.1, 0.15) is 5.69 Å². The summed E-state index contributed by atoms with van der Waals surface area (Å²) in [5.41, 5.74) is 6.47. The Labute approximate surface area is 116 Å². The molecule has 0 saturated heterocycles. The maximum atomic E-state index is 12.3. The Morgan fingerprint density at radius 3 is 2.83 bits per heavy atom. The molecule has 2 N–H and O–H groups in total. The van der Waals surface area contributed by atoms with Crippen LogP contribution in [-0.2, 0) is 6.54 Å². The molecule has 1 heterocycles. The van der Waals surface area contributed by atoms with Gasteiger partial charge in [-0.3, -0.25) is 9.48 Å². The van der Waals surface area contributed by atoms with Gasteiger partial charge in [0.25, 0.3) is 0 Å². The number of hydrogen-bond donors (Lipinski definition) is 1. The highest BCUT2D eigenvalue weighted by molar-refractivity contribution is 9.10. The maximum Gasteiger partial charge on any atom is 0.198 e. The van der Waals surface area contributed by atoms with Gasteiger partial charge in [0.15, 0.2) is 5.78 Å². The van der Waals surface area contributed by atoms with Crippen molar-refractivity contribution in [3.05, 3.63) is 16.4 Å². The molecule has 1 rings (SSSR count). The summed E-state index contributed by atoms with van der Waals surface area (Å²) in [6, 6.07) is -0.443. The molecule has 0 saturated carbocycles. The second-order valence-electron chi connectivity index (χ2n) is 4.63. The molecule has 0 aliphatic carbocycles. The number of hydrogen-bond acceptors (Lipinski definition) is 4. The third-order valence-electron chi connectivity index (χ3n) is 2.72. The van der Waals surface area contributed by atoms with Gasteiger partial charge in [-0.05, 0) is 36.4 Å². The topological polar surface area (TPSA) is 64.2 Å². The highest BCUT2D eigenvalue weighted by atomic mass is 79.9. The van der Waals surface area contributed by atoms with Gasteiger partial charge in [-0.2, -0.15) is 5.10 Å². The molecule has 0 fully saturated rings. The third-order valence-corrected chi connectivity index (χ3v) is 3.30. The van der Waals surface area contributed by atoms with Crippen LogP contribution in [0.3, 0.4) is 0 Å². The Morgan fingerprint density at radius 2 is 2.28 bits per heavy atom. The van der Waals surface area contributed by atoms with Gasteiger partial charge in [0.2, 0.25) is 0 Å². The van der Waals surface area contributed by atoms with Crippen LogP contribution in [0.4, 0.5) is 0 Å². The van der Waals surface area contributed by atoms with Gasteiger partial charge in [0, 0.05) is 6.54 Å². The first kappa shape index (κ1) is 15.3. The van der Waals surface area contributed by atoms with Crippen molar-refractivity contribution in [3.63, 3.8) is 0 Å². The van der Waals surface area contributed by atoms with Gasteiger partial charge in [0.05, 0.1) is 23.3 Å². The van der Waals surface area contributed by atoms with Crippen molar-refractivity contribution >= 4 is 21.7 Å². The quantitative estimate of drug-likeness (QED) is 0.775. The van der Waals surface area contributed by atoms with Gasteiger partial charge in [-0.15, -0.1) is 0 Å². The fourth-order valence-electron chi connectivity index (χ4n) is 1.69. The lowest BCUT2D eigenvalue weighted by molar-refractivity contribution is 0.0944. The summed E-state index contributed by atoms with van der Waals surface area (Å²) in [6.07, 6.45) is 3.25. The predicted octanol–water partition coefficient (Wildman–Crippen LogP) is 1.52. The van der Waals surface area contributed by atoms with E-state index in [0.717, 1.165) is 17.4 Å². The average molecular weight is 317 g/mol. The summed E-state index contributed by atoms with van der Waals surface area (Å²) < 4.78 is 2.44. The van der Waals surface area contributed by atoms with Crippen LogP contribution in [-0.4, -0.2) is 47.1 Å². The summed E-state index contributed by atoms with van der Waals surface area (Å²) in [6.45, 7) is 3.53. The SMILES string of the molecule is CCCC(N)C(=O)c1c(Br)cnn1CCN(C)C. The smallest absolute Gasteiger partial charge is 0.198 e. The Bertz CT molecular complexity index is 403. The van der Waals surface area contributed by atoms with E-state index in [9.17, 15) is 4.79 Å². The first-order chi connectivity index (χ1) is 8.47. The molecule has 6 heteroatoms. The van der Waals surface area contributed by atoms with Crippen molar-refractivity contribution in [3.8, 4) is 0 Å². The van der Waals surface area contributed by atoms with Gasteiger partial charge < -0.3 is 10.6 Å². The van der Waals surface area contributed by atoms with Gasteiger partial charge in [-0.25, -0.2) is 0 Å². The lowest BCUT2D eigenvalue weighted by Gasteiger charge is -2.14. The van der Waals surface area contributed by atoms with Crippen LogP contribution >= 0.6 is 15.9 Å². The van der Waals surface area contributed by atoms with E-state index >= 15 is 0 Å². The molecule has 18 heavy (non-hydrogen) atoms. The van der Waals surface area contributed by atoms with E-state index in [2.05, 4.69) is 25.9 Å². The number of rotatable bonds is 7. The van der Waals surface area contributed by atoms with Crippen LogP contribution in [0.1, 0.15) is 30.3 Å². The molecule has 0 amide bonds. The number of aromatic nitrogens is 2. The van der Waals surface area contributed by atoms with E-state index in [1.54, 1.807) is 10.9 Å². The van der Waals surface area contributed by atoms with Gasteiger partial charge in [-0.1, -0.05) is 13.3 Å². The Morgan fingerprint density at radius 1 is 1.61 bits per heavy atom. The van der Waals surface area contributed by atoms with E-state index < -0.39 is 6.04 Å². The Kier molecular flexibility index (Phi) is 5.98. The number of Topliss-reactive ketones (excluding diaryl/α,β-unsaturated/α-hetero) is 1. The average Bonchev–Trinajstić information content (AvgIpc) is 2.67. The second-order valence-corrected chi connectivity index (χ2v) is 5.48. The van der Waals surface area contributed by atoms with Crippen LogP contribution in [0, 0.1) is 0 Å². The van der Waals surface area contributed by atoms with Crippen molar-refractivity contribution in [2.24, 2.45) is 5.73 Å². The summed E-state index contributed by atoms with van der Waals surface area (Å²) in [4.78, 5) is 14.3. The summed E-state index contributed by atoms with van der Waals surface area (Å²) in [7, 11) is 3.98. The predicted molar refractivity (Wildman–Crippen MR) is 75.7 cm³/mol. The van der Waals surface area contributed by atoms with Crippen LogP contribution in [0.25, 0.3) is 0 Å². The fraction of sp³-hybridized carbons (Fsp3) is 0.667. The molecule has 0 aromatic carbocycles. The van der Waals surface area contributed by atoms with Crippen LogP contribution < -0.4 is 5.73 Å². The summed E-state index contributed by atoms with van der Waals surface area (Å²) in [5, 5.41) is 4.22. The third kappa shape index (κ3) is 3.90. The maximum absolute atomic E-state index is 12.3.